The zero-order valence-corrected chi connectivity index (χ0v) is 60.9. The molecule has 570 valence electrons. The molecule has 0 spiro atoms. The van der Waals surface area contributed by atoms with E-state index in [1.54, 1.807) is 49.6 Å². The Bertz CT molecular complexity index is 4150. The Hall–Kier alpha value is -10.7. The van der Waals surface area contributed by atoms with Gasteiger partial charge in [-0.25, -0.2) is 9.78 Å². The number of likely N-dealkylation sites (tertiary alicyclic amines) is 2. The number of imidazole rings is 1. The number of aromatic nitrogens is 4. The van der Waals surface area contributed by atoms with Crippen LogP contribution in [-0.4, -0.2) is 262 Å². The highest BCUT2D eigenvalue weighted by Gasteiger charge is 2.44. The topological polar surface area (TPSA) is 448 Å². The number of rotatable bonds is 37. The van der Waals surface area contributed by atoms with E-state index >= 15 is 4.79 Å². The van der Waals surface area contributed by atoms with Crippen LogP contribution >= 0.6 is 11.6 Å². The van der Waals surface area contributed by atoms with Crippen LogP contribution in [0.2, 0.25) is 5.02 Å². The van der Waals surface area contributed by atoms with Crippen molar-refractivity contribution in [2.24, 2.45) is 5.73 Å². The lowest BCUT2D eigenvalue weighted by Gasteiger charge is -2.37. The Morgan fingerprint density at radius 1 is 0.632 bits per heavy atom. The number of hydrogen-bond acceptors (Lipinski definition) is 16. The Labute approximate surface area is 617 Å². The molecule has 11 amide bonds. The van der Waals surface area contributed by atoms with Crippen LogP contribution in [0.5, 0.6) is 0 Å². The number of halogens is 1. The summed E-state index contributed by atoms with van der Waals surface area (Å²) in [5, 5.41) is 45.7. The number of aromatic amines is 3. The molecule has 3 aromatic carbocycles. The summed E-state index contributed by atoms with van der Waals surface area (Å²) in [6.07, 6.45) is 7.06. The molecule has 0 radical (unpaired) electrons. The number of carbonyl (C=O) groups is 13. The summed E-state index contributed by atoms with van der Waals surface area (Å²) < 4.78 is 0. The summed E-state index contributed by atoms with van der Waals surface area (Å²) in [5.41, 5.74) is 9.61. The fourth-order valence-electron chi connectivity index (χ4n) is 13.4. The molecule has 13 N–H and O–H groups in total. The first-order valence-electron chi connectivity index (χ1n) is 35.4. The maximum Gasteiger partial charge on any atom is 0.326 e. The number of carbonyl (C=O) groups excluding carboxylic acids is 11. The van der Waals surface area contributed by atoms with E-state index in [-0.39, 0.29) is 71.0 Å². The van der Waals surface area contributed by atoms with E-state index in [1.165, 1.54) is 45.5 Å². The molecule has 32 nitrogen and oxygen atoms in total. The monoisotopic (exact) mass is 1490 g/mol. The Balaban J connectivity index is 0.997. The zero-order valence-electron chi connectivity index (χ0n) is 60.2. The molecule has 10 atom stereocenters. The first-order chi connectivity index (χ1) is 50.6. The highest BCUT2D eigenvalue weighted by molar-refractivity contribution is 6.30. The minimum Gasteiger partial charge on any atom is -0.481 e. The molecule has 0 unspecified atom stereocenters. The molecule has 2 saturated heterocycles. The van der Waals surface area contributed by atoms with Crippen molar-refractivity contribution >= 4 is 110 Å². The summed E-state index contributed by atoms with van der Waals surface area (Å²) >= 11 is 6.47. The van der Waals surface area contributed by atoms with Crippen LogP contribution in [0.25, 0.3) is 21.8 Å². The van der Waals surface area contributed by atoms with Crippen molar-refractivity contribution in [2.75, 3.05) is 60.5 Å². The van der Waals surface area contributed by atoms with E-state index in [0.29, 0.717) is 64.0 Å². The average Bonchev–Trinajstić information content (AvgIpc) is 1.72. The van der Waals surface area contributed by atoms with Gasteiger partial charge in [-0.15, -0.1) is 0 Å². The summed E-state index contributed by atoms with van der Waals surface area (Å²) in [5.74, 6) is -11.5. The van der Waals surface area contributed by atoms with Crippen molar-refractivity contribution in [2.45, 2.75) is 165 Å². The highest BCUT2D eigenvalue weighted by Crippen LogP contribution is 2.26. The average molecular weight is 1490 g/mol. The molecular formula is C73H95ClN16O16. The van der Waals surface area contributed by atoms with Gasteiger partial charge in [0.25, 0.3) is 0 Å². The number of nitrogens with one attached hydrogen (secondary N) is 8. The van der Waals surface area contributed by atoms with Crippen LogP contribution < -0.4 is 32.3 Å². The van der Waals surface area contributed by atoms with Gasteiger partial charge >= 0.3 is 11.9 Å². The van der Waals surface area contributed by atoms with E-state index in [2.05, 4.69) is 46.5 Å². The lowest BCUT2D eigenvalue weighted by molar-refractivity contribution is -0.152. The third kappa shape index (κ3) is 20.8. The number of amides is 11. The molecule has 8 rings (SSSR count). The van der Waals surface area contributed by atoms with Crippen molar-refractivity contribution < 1.29 is 77.6 Å². The van der Waals surface area contributed by atoms with Crippen LogP contribution in [0.4, 0.5) is 0 Å². The molecule has 5 heterocycles. The standard InChI is InChI=1S/C73H95ClN16O16/c1-7-9-21-52(80-66(98)53(81-64(96)42(3)75)31-44-35-77-50-22-12-10-19-48(44)50)65(97)82-54(32-45-36-78-51-23-13-11-20-49(45)51)67(99)84-56(40-91)69(101)88(26-8-2)39-61(92)86(5)59(30-43-17-14-18-46(74)29-43)72(104)87(6)60(33-47-37-76-41-79-47)71(103)85(4)38-62(93)89-27-15-24-57(89)68(100)83-55(34-63(94)95)70(102)90-28-16-25-58(90)73(105)106/h10-14,17-20,22-23,29,35-37,41-42,52-60,77-78,91H,7-9,15-16,21,24-28,30-34,38-40,75H2,1-6H3,(H,76,79)(H,80,98)(H,81,96)(H,82,97)(H,83,100)(H,84,99)(H,94,95)(H,105,106)/t42-,52-,53-,54-,55-,56-,57-,58-,59-,60-/m0/s1. The second kappa shape index (κ2) is 37.8. The quantitative estimate of drug-likeness (QED) is 0.0260. The van der Waals surface area contributed by atoms with Gasteiger partial charge in [-0.1, -0.05) is 86.8 Å². The van der Waals surface area contributed by atoms with Crippen molar-refractivity contribution in [1.82, 2.24) is 75.9 Å². The number of aliphatic hydroxyl groups is 1. The largest absolute Gasteiger partial charge is 0.481 e. The minimum atomic E-state index is -1.72. The van der Waals surface area contributed by atoms with Crippen LogP contribution in [0.3, 0.4) is 0 Å². The number of nitrogens with zero attached hydrogens (tertiary/aromatic N) is 7. The predicted molar refractivity (Wildman–Crippen MR) is 388 cm³/mol. The fraction of sp³-hybridized carbons (Fsp3) is 0.479. The summed E-state index contributed by atoms with van der Waals surface area (Å²) in [7, 11) is 3.98. The third-order valence-electron chi connectivity index (χ3n) is 19.3. The van der Waals surface area contributed by atoms with E-state index in [9.17, 15) is 72.9 Å². The van der Waals surface area contributed by atoms with Crippen LogP contribution in [-0.2, 0) is 88.0 Å². The lowest BCUT2D eigenvalue weighted by Crippen LogP contribution is -2.60. The number of benzene rings is 3. The number of H-pyrrole nitrogens is 3. The van der Waals surface area contributed by atoms with Gasteiger partial charge in [0.05, 0.1) is 38.5 Å². The Morgan fingerprint density at radius 2 is 1.21 bits per heavy atom. The van der Waals surface area contributed by atoms with Crippen molar-refractivity contribution in [3.8, 4) is 0 Å². The molecule has 3 aromatic heterocycles. The van der Waals surface area contributed by atoms with Gasteiger partial charge in [0.2, 0.25) is 65.0 Å². The van der Waals surface area contributed by atoms with E-state index < -0.39 is 163 Å². The SMILES string of the molecule is CCCC[C@H](NC(=O)[C@H](Cc1c[nH]c2ccccc12)NC(=O)[C@H](C)N)C(=O)N[C@@H](Cc1c[nH]c2ccccc12)C(=O)N[C@@H](CO)C(=O)N(CCC)CC(=O)N(C)[C@@H](Cc1cccc(Cl)c1)C(=O)N(C)[C@@H](Cc1cnc[nH]1)C(=O)N(C)CC(=O)N1CCC[C@H]1C(=O)N[C@@H](CC(=O)O)C(=O)N1CCC[C@H]1C(=O)O. The first kappa shape index (κ1) is 80.9. The maximum absolute atomic E-state index is 15.4. The molecule has 33 heteroatoms. The van der Waals surface area contributed by atoms with Crippen molar-refractivity contribution in [1.29, 1.82) is 0 Å². The van der Waals surface area contributed by atoms with Gasteiger partial charge in [-0.3, -0.25) is 57.5 Å². The van der Waals surface area contributed by atoms with Gasteiger partial charge in [0, 0.05) is 118 Å². The smallest absolute Gasteiger partial charge is 0.326 e. The van der Waals surface area contributed by atoms with Gasteiger partial charge in [-0.05, 0) is 86.4 Å². The Kier molecular flexibility index (Phi) is 28.9. The molecule has 2 aliphatic rings. The molecule has 2 aliphatic heterocycles. The molecule has 2 fully saturated rings. The number of hydrogen-bond donors (Lipinski definition) is 12. The molecule has 106 heavy (non-hydrogen) atoms. The Morgan fingerprint density at radius 3 is 1.77 bits per heavy atom. The van der Waals surface area contributed by atoms with Crippen LogP contribution in [0.1, 0.15) is 101 Å². The summed E-state index contributed by atoms with van der Waals surface area (Å²) in [6, 6.07) is 7.53. The van der Waals surface area contributed by atoms with Gasteiger partial charge in [0.1, 0.15) is 54.4 Å². The normalized spacial score (nSPS) is 16.5. The first-order valence-corrected chi connectivity index (χ1v) is 35.8. The minimum absolute atomic E-state index is 0.0150. The number of unbranched alkanes of at least 4 members (excludes halogenated alkanes) is 1. The van der Waals surface area contributed by atoms with Crippen molar-refractivity contribution in [3.63, 3.8) is 0 Å². The van der Waals surface area contributed by atoms with Gasteiger partial charge in [0.15, 0.2) is 0 Å². The number of carboxylic acids is 2. The van der Waals surface area contributed by atoms with E-state index in [1.807, 2.05) is 49.4 Å². The van der Waals surface area contributed by atoms with Crippen molar-refractivity contribution in [3.05, 3.63) is 125 Å². The maximum atomic E-state index is 15.4. The molecule has 0 saturated carbocycles. The number of aliphatic hydroxyl groups excluding tert-OH is 1. The molecule has 0 aliphatic carbocycles. The predicted octanol–water partition coefficient (Wildman–Crippen LogP) is 1.14. The number of likely N-dealkylation sites (N-methyl/N-ethyl adjacent to an activating group) is 3. The van der Waals surface area contributed by atoms with Crippen LogP contribution in [0.15, 0.2) is 97.7 Å². The fourth-order valence-corrected chi connectivity index (χ4v) is 13.6. The van der Waals surface area contributed by atoms with E-state index in [0.717, 1.165) is 35.4 Å². The number of para-hydroxylation sites is 2. The zero-order chi connectivity index (χ0) is 77.1. The molecule has 0 bridgehead atoms. The van der Waals surface area contributed by atoms with Gasteiger partial charge < -0.3 is 92.0 Å². The number of nitrogens with two attached hydrogens (primary N) is 1. The second-order valence-corrected chi connectivity index (χ2v) is 27.4. The highest BCUT2D eigenvalue weighted by atomic mass is 35.5. The third-order valence-corrected chi connectivity index (χ3v) is 19.5. The summed E-state index contributed by atoms with van der Waals surface area (Å²) in [4.78, 5) is 203. The second-order valence-electron chi connectivity index (χ2n) is 27.0. The van der Waals surface area contributed by atoms with Crippen LogP contribution in [0, 0.1) is 0 Å². The molecule has 6 aromatic rings. The number of aliphatic carboxylic acids is 2. The lowest BCUT2D eigenvalue weighted by atomic mass is 10.0. The summed E-state index contributed by atoms with van der Waals surface area (Å²) in [6.45, 7) is 2.70. The number of carboxylic acid groups (broad SMARTS) is 2. The van der Waals surface area contributed by atoms with E-state index in [4.69, 9.17) is 17.3 Å². The number of fused-ring (bicyclic) bond motifs is 2. The molecular weight excluding hydrogens is 1390 g/mol. The van der Waals surface area contributed by atoms with Gasteiger partial charge in [-0.2, -0.15) is 0 Å².